The van der Waals surface area contributed by atoms with Crippen molar-refractivity contribution >= 4 is 17.7 Å². The molecule has 0 aliphatic rings. The quantitative estimate of drug-likeness (QED) is 0.504. The van der Waals surface area contributed by atoms with E-state index in [0.717, 1.165) is 0 Å². The first-order valence-electron chi connectivity index (χ1n) is 5.10. The van der Waals surface area contributed by atoms with E-state index >= 15 is 0 Å². The van der Waals surface area contributed by atoms with Crippen molar-refractivity contribution in [3.8, 4) is 0 Å². The van der Waals surface area contributed by atoms with Crippen LogP contribution in [0.5, 0.6) is 0 Å². The van der Waals surface area contributed by atoms with Gasteiger partial charge in [0, 0.05) is 6.42 Å². The minimum atomic E-state index is -1.35. The third kappa shape index (κ3) is 3.05. The van der Waals surface area contributed by atoms with Gasteiger partial charge in [-0.1, -0.05) is 6.92 Å². The zero-order chi connectivity index (χ0) is 12.8. The van der Waals surface area contributed by atoms with Crippen LogP contribution in [-0.4, -0.2) is 31.9 Å². The van der Waals surface area contributed by atoms with E-state index in [1.807, 2.05) is 0 Å². The SMILES string of the molecule is CCC(CCC(C)=O)(C(=O)OC)C(=O)OC. The molecule has 0 unspecified atom stereocenters. The number of esters is 2. The van der Waals surface area contributed by atoms with Crippen molar-refractivity contribution in [2.24, 2.45) is 5.41 Å². The van der Waals surface area contributed by atoms with Gasteiger partial charge < -0.3 is 14.3 Å². The topological polar surface area (TPSA) is 69.7 Å². The van der Waals surface area contributed by atoms with E-state index in [-0.39, 0.29) is 25.0 Å². The molecule has 0 spiro atoms. The molecule has 0 N–H and O–H groups in total. The highest BCUT2D eigenvalue weighted by Crippen LogP contribution is 2.31. The Labute approximate surface area is 95.1 Å². The van der Waals surface area contributed by atoms with Gasteiger partial charge in [-0.25, -0.2) is 0 Å². The monoisotopic (exact) mass is 230 g/mol. The molecule has 0 atom stereocenters. The number of hydrogen-bond acceptors (Lipinski definition) is 5. The van der Waals surface area contributed by atoms with Gasteiger partial charge in [0.15, 0.2) is 5.41 Å². The average molecular weight is 230 g/mol. The van der Waals surface area contributed by atoms with Crippen LogP contribution >= 0.6 is 0 Å². The van der Waals surface area contributed by atoms with Crippen molar-refractivity contribution in [2.75, 3.05) is 14.2 Å². The Morgan fingerprint density at radius 3 is 1.75 bits per heavy atom. The van der Waals surface area contributed by atoms with Crippen LogP contribution in [0.25, 0.3) is 0 Å². The maximum atomic E-state index is 11.6. The molecule has 5 heteroatoms. The molecule has 92 valence electrons. The Morgan fingerprint density at radius 1 is 1.06 bits per heavy atom. The maximum absolute atomic E-state index is 11.6. The first-order chi connectivity index (χ1) is 7.44. The van der Waals surface area contributed by atoms with Gasteiger partial charge in [-0.15, -0.1) is 0 Å². The van der Waals surface area contributed by atoms with Gasteiger partial charge in [-0.2, -0.15) is 0 Å². The smallest absolute Gasteiger partial charge is 0.323 e. The van der Waals surface area contributed by atoms with Crippen molar-refractivity contribution in [2.45, 2.75) is 33.1 Å². The van der Waals surface area contributed by atoms with E-state index in [2.05, 4.69) is 9.47 Å². The van der Waals surface area contributed by atoms with E-state index in [9.17, 15) is 14.4 Å². The summed E-state index contributed by atoms with van der Waals surface area (Å²) in [7, 11) is 2.42. The number of carbonyl (C=O) groups excluding carboxylic acids is 3. The van der Waals surface area contributed by atoms with Gasteiger partial charge >= 0.3 is 11.9 Å². The third-order valence-corrected chi connectivity index (χ3v) is 2.66. The summed E-state index contributed by atoms with van der Waals surface area (Å²) in [5, 5.41) is 0. The Kier molecular flexibility index (Phi) is 5.71. The normalized spacial score (nSPS) is 10.8. The summed E-state index contributed by atoms with van der Waals surface area (Å²) in [5.74, 6) is -1.38. The van der Waals surface area contributed by atoms with Crippen molar-refractivity contribution in [3.05, 3.63) is 0 Å². The zero-order valence-electron chi connectivity index (χ0n) is 10.2. The van der Waals surface area contributed by atoms with Crippen LogP contribution in [0.1, 0.15) is 33.1 Å². The second-order valence-electron chi connectivity index (χ2n) is 3.62. The predicted molar refractivity (Wildman–Crippen MR) is 56.7 cm³/mol. The lowest BCUT2D eigenvalue weighted by atomic mass is 9.80. The standard InChI is InChI=1S/C11H18O5/c1-5-11(9(13)15-3,10(14)16-4)7-6-8(2)12/h5-7H2,1-4H3. The Bertz CT molecular complexity index is 266. The second-order valence-corrected chi connectivity index (χ2v) is 3.62. The van der Waals surface area contributed by atoms with Crippen LogP contribution in [0, 0.1) is 5.41 Å². The number of Topliss-reactive ketones (excluding diaryl/α,β-unsaturated/α-hetero) is 1. The van der Waals surface area contributed by atoms with E-state index < -0.39 is 17.4 Å². The number of hydrogen-bond donors (Lipinski definition) is 0. The number of rotatable bonds is 6. The molecule has 0 radical (unpaired) electrons. The highest BCUT2D eigenvalue weighted by atomic mass is 16.5. The first kappa shape index (κ1) is 14.6. The van der Waals surface area contributed by atoms with Crippen LogP contribution in [0.3, 0.4) is 0 Å². The van der Waals surface area contributed by atoms with Crippen LogP contribution in [0.4, 0.5) is 0 Å². The highest BCUT2D eigenvalue weighted by Gasteiger charge is 2.46. The molecule has 0 rings (SSSR count). The zero-order valence-corrected chi connectivity index (χ0v) is 10.2. The summed E-state index contributed by atoms with van der Waals surface area (Å²) < 4.78 is 9.22. The number of carbonyl (C=O) groups is 3. The van der Waals surface area contributed by atoms with E-state index in [4.69, 9.17) is 0 Å². The first-order valence-corrected chi connectivity index (χ1v) is 5.10. The van der Waals surface area contributed by atoms with E-state index in [1.54, 1.807) is 6.92 Å². The van der Waals surface area contributed by atoms with Gasteiger partial charge in [0.05, 0.1) is 14.2 Å². The van der Waals surface area contributed by atoms with E-state index in [0.29, 0.717) is 0 Å². The van der Waals surface area contributed by atoms with Crippen molar-refractivity contribution in [1.29, 1.82) is 0 Å². The molecule has 0 aromatic rings. The fourth-order valence-corrected chi connectivity index (χ4v) is 1.53. The summed E-state index contributed by atoms with van der Waals surface area (Å²) in [6.45, 7) is 3.10. The molecule has 0 aromatic heterocycles. The fraction of sp³-hybridized carbons (Fsp3) is 0.727. The average Bonchev–Trinajstić information content (AvgIpc) is 2.28. The largest absolute Gasteiger partial charge is 0.468 e. The van der Waals surface area contributed by atoms with Gasteiger partial charge in [0.1, 0.15) is 5.78 Å². The number of methoxy groups -OCH3 is 2. The van der Waals surface area contributed by atoms with Gasteiger partial charge in [-0.05, 0) is 19.8 Å². The summed E-state index contributed by atoms with van der Waals surface area (Å²) in [4.78, 5) is 34.2. The minimum absolute atomic E-state index is 0.0781. The maximum Gasteiger partial charge on any atom is 0.323 e. The lowest BCUT2D eigenvalue weighted by molar-refractivity contribution is -0.170. The summed E-state index contributed by atoms with van der Waals surface area (Å²) in [6.07, 6.45) is 0.524. The summed E-state index contributed by atoms with van der Waals surface area (Å²) in [6, 6.07) is 0. The molecule has 16 heavy (non-hydrogen) atoms. The van der Waals surface area contributed by atoms with Gasteiger partial charge in [0.25, 0.3) is 0 Å². The van der Waals surface area contributed by atoms with Crippen molar-refractivity contribution < 1.29 is 23.9 Å². The van der Waals surface area contributed by atoms with E-state index in [1.165, 1.54) is 21.1 Å². The Hall–Kier alpha value is -1.39. The van der Waals surface area contributed by atoms with Crippen LogP contribution in [0.2, 0.25) is 0 Å². The Balaban J connectivity index is 5.03. The molecule has 0 aliphatic carbocycles. The molecule has 0 bridgehead atoms. The van der Waals surface area contributed by atoms with Crippen molar-refractivity contribution in [1.82, 2.24) is 0 Å². The lowest BCUT2D eigenvalue weighted by Gasteiger charge is -2.26. The molecule has 0 fully saturated rings. The minimum Gasteiger partial charge on any atom is -0.468 e. The molecule has 0 aliphatic heterocycles. The molecule has 5 nitrogen and oxygen atoms in total. The molecule has 0 saturated carbocycles. The molecule has 0 heterocycles. The molecular formula is C11H18O5. The molecular weight excluding hydrogens is 212 g/mol. The molecule has 0 amide bonds. The van der Waals surface area contributed by atoms with Crippen LogP contribution < -0.4 is 0 Å². The molecule has 0 saturated heterocycles. The second kappa shape index (κ2) is 6.25. The number of ketones is 1. The third-order valence-electron chi connectivity index (χ3n) is 2.66. The Morgan fingerprint density at radius 2 is 1.50 bits per heavy atom. The fourth-order valence-electron chi connectivity index (χ4n) is 1.53. The summed E-state index contributed by atoms with van der Waals surface area (Å²) >= 11 is 0. The molecule has 0 aromatic carbocycles. The van der Waals surface area contributed by atoms with Crippen molar-refractivity contribution in [3.63, 3.8) is 0 Å². The predicted octanol–water partition coefficient (Wildman–Crippen LogP) is 1.10. The van der Waals surface area contributed by atoms with Gasteiger partial charge in [-0.3, -0.25) is 9.59 Å². The van der Waals surface area contributed by atoms with Crippen LogP contribution in [-0.2, 0) is 23.9 Å². The van der Waals surface area contributed by atoms with Gasteiger partial charge in [0.2, 0.25) is 0 Å². The number of ether oxygens (including phenoxy) is 2. The summed E-state index contributed by atoms with van der Waals surface area (Å²) in [5.41, 5.74) is -1.35. The van der Waals surface area contributed by atoms with Crippen LogP contribution in [0.15, 0.2) is 0 Å². The highest BCUT2D eigenvalue weighted by molar-refractivity contribution is 6.00. The lowest BCUT2D eigenvalue weighted by Crippen LogP contribution is -2.41.